The number of amides is 1. The molecule has 100 valence electrons. The molecule has 0 saturated carbocycles. The summed E-state index contributed by atoms with van der Waals surface area (Å²) in [6.45, 7) is 2.10. The molecule has 1 atom stereocenters. The number of benzene rings is 1. The molecule has 0 aliphatic carbocycles. The summed E-state index contributed by atoms with van der Waals surface area (Å²) < 4.78 is 0. The third-order valence-electron chi connectivity index (χ3n) is 2.67. The van der Waals surface area contributed by atoms with E-state index in [0.717, 1.165) is 17.9 Å². The number of anilines is 2. The van der Waals surface area contributed by atoms with Gasteiger partial charge in [0.1, 0.15) is 0 Å². The number of nitrogen functional groups attached to an aromatic ring is 1. The van der Waals surface area contributed by atoms with Crippen LogP contribution in [-0.2, 0) is 0 Å². The number of hydrogen-bond donors (Lipinski definition) is 3. The van der Waals surface area contributed by atoms with Gasteiger partial charge in [0.25, 0.3) is 5.91 Å². The lowest BCUT2D eigenvalue weighted by Gasteiger charge is -2.17. The molecule has 0 aliphatic rings. The van der Waals surface area contributed by atoms with Crippen LogP contribution in [0.15, 0.2) is 18.2 Å². The van der Waals surface area contributed by atoms with Crippen LogP contribution < -0.4 is 16.4 Å². The van der Waals surface area contributed by atoms with Crippen LogP contribution in [0.1, 0.15) is 23.7 Å². The second-order valence-electron chi connectivity index (χ2n) is 4.21. The molecular formula is C13H21N3OS. The molecule has 0 saturated heterocycles. The number of carbonyl (C=O) groups excluding carboxylic acids is 1. The monoisotopic (exact) mass is 267 g/mol. The number of thioether (sulfide) groups is 1. The molecule has 0 heterocycles. The normalized spacial score (nSPS) is 11.9. The molecule has 0 bridgehead atoms. The predicted molar refractivity (Wildman–Crippen MR) is 80.3 cm³/mol. The number of nitrogens with two attached hydrogens (primary N) is 1. The molecule has 18 heavy (non-hydrogen) atoms. The lowest BCUT2D eigenvalue weighted by Crippen LogP contribution is -2.23. The molecule has 4 N–H and O–H groups in total. The Kier molecular flexibility index (Phi) is 5.85. The minimum absolute atomic E-state index is 0.102. The first-order chi connectivity index (χ1) is 8.58. The van der Waals surface area contributed by atoms with E-state index >= 15 is 0 Å². The summed E-state index contributed by atoms with van der Waals surface area (Å²) in [6, 6.07) is 5.60. The largest absolute Gasteiger partial charge is 0.399 e. The Morgan fingerprint density at radius 1 is 1.50 bits per heavy atom. The van der Waals surface area contributed by atoms with Gasteiger partial charge in [0.05, 0.1) is 5.56 Å². The van der Waals surface area contributed by atoms with Crippen molar-refractivity contribution in [1.82, 2.24) is 5.32 Å². The Labute approximate surface area is 113 Å². The number of nitrogens with one attached hydrogen (secondary N) is 2. The van der Waals surface area contributed by atoms with Crippen molar-refractivity contribution in [2.24, 2.45) is 0 Å². The van der Waals surface area contributed by atoms with E-state index in [1.165, 1.54) is 0 Å². The SMILES string of the molecule is CNC(=O)c1ccc(N)cc1NC(C)CCSC. The van der Waals surface area contributed by atoms with E-state index in [4.69, 9.17) is 5.73 Å². The van der Waals surface area contributed by atoms with Crippen molar-refractivity contribution in [3.8, 4) is 0 Å². The lowest BCUT2D eigenvalue weighted by atomic mass is 10.1. The summed E-state index contributed by atoms with van der Waals surface area (Å²) in [5, 5.41) is 5.98. The van der Waals surface area contributed by atoms with Crippen molar-refractivity contribution in [3.05, 3.63) is 23.8 Å². The van der Waals surface area contributed by atoms with Crippen molar-refractivity contribution < 1.29 is 4.79 Å². The molecular weight excluding hydrogens is 246 g/mol. The molecule has 4 nitrogen and oxygen atoms in total. The summed E-state index contributed by atoms with van der Waals surface area (Å²) in [5.41, 5.74) is 7.85. The predicted octanol–water partition coefficient (Wildman–Crippen LogP) is 2.18. The summed E-state index contributed by atoms with van der Waals surface area (Å²) in [5.74, 6) is 0.987. The van der Waals surface area contributed by atoms with Crippen molar-refractivity contribution in [3.63, 3.8) is 0 Å². The molecule has 0 aromatic heterocycles. The first-order valence-corrected chi connectivity index (χ1v) is 7.35. The van der Waals surface area contributed by atoms with Crippen LogP contribution in [0, 0.1) is 0 Å². The summed E-state index contributed by atoms with van der Waals surface area (Å²) in [7, 11) is 1.62. The van der Waals surface area contributed by atoms with Crippen LogP contribution in [0.25, 0.3) is 0 Å². The van der Waals surface area contributed by atoms with Crippen LogP contribution in [0.4, 0.5) is 11.4 Å². The highest BCUT2D eigenvalue weighted by molar-refractivity contribution is 7.98. The fraction of sp³-hybridized carbons (Fsp3) is 0.462. The maximum atomic E-state index is 11.7. The van der Waals surface area contributed by atoms with Gasteiger partial charge in [-0.3, -0.25) is 4.79 Å². The van der Waals surface area contributed by atoms with Gasteiger partial charge in [-0.05, 0) is 43.6 Å². The fourth-order valence-electron chi connectivity index (χ4n) is 1.65. The molecule has 0 spiro atoms. The second-order valence-corrected chi connectivity index (χ2v) is 5.20. The molecule has 5 heteroatoms. The summed E-state index contributed by atoms with van der Waals surface area (Å²) in [6.07, 6.45) is 3.13. The van der Waals surface area contributed by atoms with E-state index in [0.29, 0.717) is 17.3 Å². The third-order valence-corrected chi connectivity index (χ3v) is 3.32. The van der Waals surface area contributed by atoms with Gasteiger partial charge in [-0.2, -0.15) is 11.8 Å². The van der Waals surface area contributed by atoms with Gasteiger partial charge >= 0.3 is 0 Å². The van der Waals surface area contributed by atoms with Gasteiger partial charge in [0, 0.05) is 24.5 Å². The minimum Gasteiger partial charge on any atom is -0.399 e. The van der Waals surface area contributed by atoms with E-state index in [2.05, 4.69) is 23.8 Å². The Morgan fingerprint density at radius 2 is 2.22 bits per heavy atom. The number of rotatable bonds is 6. The highest BCUT2D eigenvalue weighted by Crippen LogP contribution is 2.21. The van der Waals surface area contributed by atoms with Crippen LogP contribution in [-0.4, -0.2) is 31.0 Å². The van der Waals surface area contributed by atoms with E-state index in [-0.39, 0.29) is 5.91 Å². The van der Waals surface area contributed by atoms with Gasteiger partial charge in [0.15, 0.2) is 0 Å². The summed E-state index contributed by atoms with van der Waals surface area (Å²) in [4.78, 5) is 11.7. The van der Waals surface area contributed by atoms with Crippen LogP contribution in [0.3, 0.4) is 0 Å². The standard InChI is InChI=1S/C13H21N3OS/c1-9(6-7-18-3)16-12-8-10(14)4-5-11(12)13(17)15-2/h4-5,8-9,16H,6-7,14H2,1-3H3,(H,15,17). The molecule has 1 aromatic rings. The van der Waals surface area contributed by atoms with Gasteiger partial charge < -0.3 is 16.4 Å². The Balaban J connectivity index is 2.85. The van der Waals surface area contributed by atoms with Crippen molar-refractivity contribution in [2.75, 3.05) is 30.1 Å². The number of hydrogen-bond acceptors (Lipinski definition) is 4. The van der Waals surface area contributed by atoms with Gasteiger partial charge in [0.2, 0.25) is 0 Å². The molecule has 1 rings (SSSR count). The molecule has 0 aliphatic heterocycles. The van der Waals surface area contributed by atoms with Gasteiger partial charge in [-0.1, -0.05) is 0 Å². The van der Waals surface area contributed by atoms with E-state index in [1.54, 1.807) is 25.2 Å². The molecule has 0 fully saturated rings. The van der Waals surface area contributed by atoms with Gasteiger partial charge in [-0.25, -0.2) is 0 Å². The average Bonchev–Trinajstić information content (AvgIpc) is 2.35. The van der Waals surface area contributed by atoms with Crippen LogP contribution in [0.2, 0.25) is 0 Å². The van der Waals surface area contributed by atoms with Crippen molar-refractivity contribution in [2.45, 2.75) is 19.4 Å². The van der Waals surface area contributed by atoms with E-state index < -0.39 is 0 Å². The van der Waals surface area contributed by atoms with Crippen LogP contribution in [0.5, 0.6) is 0 Å². The van der Waals surface area contributed by atoms with E-state index in [9.17, 15) is 4.79 Å². The zero-order valence-corrected chi connectivity index (χ0v) is 11.9. The number of carbonyl (C=O) groups is 1. The zero-order valence-electron chi connectivity index (χ0n) is 11.1. The highest BCUT2D eigenvalue weighted by Gasteiger charge is 2.12. The zero-order chi connectivity index (χ0) is 13.5. The smallest absolute Gasteiger partial charge is 0.253 e. The van der Waals surface area contributed by atoms with Crippen molar-refractivity contribution >= 4 is 29.0 Å². The Hall–Kier alpha value is -1.36. The van der Waals surface area contributed by atoms with Crippen molar-refractivity contribution in [1.29, 1.82) is 0 Å². The quantitative estimate of drug-likeness (QED) is 0.691. The highest BCUT2D eigenvalue weighted by atomic mass is 32.2. The van der Waals surface area contributed by atoms with E-state index in [1.807, 2.05) is 11.8 Å². The maximum absolute atomic E-state index is 11.7. The van der Waals surface area contributed by atoms with Crippen LogP contribution >= 0.6 is 11.8 Å². The molecule has 1 amide bonds. The average molecular weight is 267 g/mol. The topological polar surface area (TPSA) is 67.2 Å². The molecule has 1 unspecified atom stereocenters. The van der Waals surface area contributed by atoms with Gasteiger partial charge in [-0.15, -0.1) is 0 Å². The molecule has 0 radical (unpaired) electrons. The maximum Gasteiger partial charge on any atom is 0.253 e. The minimum atomic E-state index is -0.102. The first kappa shape index (κ1) is 14.7. The fourth-order valence-corrected chi connectivity index (χ4v) is 2.24. The Morgan fingerprint density at radius 3 is 2.83 bits per heavy atom. The lowest BCUT2D eigenvalue weighted by molar-refractivity contribution is 0.0964. The first-order valence-electron chi connectivity index (χ1n) is 5.95. The Bertz CT molecular complexity index is 409. The second kappa shape index (κ2) is 7.16. The summed E-state index contributed by atoms with van der Waals surface area (Å²) >= 11 is 1.81. The third kappa shape index (κ3) is 4.14. The molecule has 1 aromatic carbocycles.